The molecular formula is C17H15N3O3. The van der Waals surface area contributed by atoms with Gasteiger partial charge in [0.15, 0.2) is 5.78 Å². The van der Waals surface area contributed by atoms with Crippen molar-refractivity contribution < 1.29 is 14.3 Å². The molecule has 6 nitrogen and oxygen atoms in total. The minimum atomic E-state index is -0.232. The summed E-state index contributed by atoms with van der Waals surface area (Å²) >= 11 is 0. The number of amides is 1. The summed E-state index contributed by atoms with van der Waals surface area (Å²) < 4.78 is 5.81. The summed E-state index contributed by atoms with van der Waals surface area (Å²) in [6, 6.07) is 5.74. The van der Waals surface area contributed by atoms with Gasteiger partial charge < -0.3 is 10.1 Å². The van der Waals surface area contributed by atoms with Crippen LogP contribution in [0.2, 0.25) is 0 Å². The molecule has 3 aliphatic rings. The van der Waals surface area contributed by atoms with Crippen molar-refractivity contribution in [2.45, 2.75) is 12.8 Å². The maximum Gasteiger partial charge on any atom is 0.263 e. The summed E-state index contributed by atoms with van der Waals surface area (Å²) in [4.78, 5) is 22.7. The molecule has 1 amide bonds. The maximum atomic E-state index is 11.4. The SMILES string of the molecule is O=C1C=C(Nc2ccc3c(c2)OCC2C=CC(=O)NN=C32)CC1. The van der Waals surface area contributed by atoms with Crippen molar-refractivity contribution in [3.63, 3.8) is 0 Å². The Morgan fingerprint density at radius 2 is 2.17 bits per heavy atom. The van der Waals surface area contributed by atoms with Crippen LogP contribution in [0.4, 0.5) is 5.69 Å². The number of benzene rings is 1. The monoisotopic (exact) mass is 309 g/mol. The van der Waals surface area contributed by atoms with Crippen molar-refractivity contribution in [3.8, 4) is 5.75 Å². The minimum absolute atomic E-state index is 0.0320. The highest BCUT2D eigenvalue weighted by molar-refractivity contribution is 6.08. The van der Waals surface area contributed by atoms with Gasteiger partial charge in [-0.05, 0) is 18.6 Å². The molecule has 0 bridgehead atoms. The fraction of sp³-hybridized carbons (Fsp3) is 0.235. The Bertz CT molecular complexity index is 792. The van der Waals surface area contributed by atoms with Crippen molar-refractivity contribution in [2.75, 3.05) is 11.9 Å². The van der Waals surface area contributed by atoms with Crippen molar-refractivity contribution in [1.82, 2.24) is 5.43 Å². The Hall–Kier alpha value is -2.89. The van der Waals surface area contributed by atoms with Gasteiger partial charge in [0.1, 0.15) is 12.4 Å². The molecule has 0 spiro atoms. The first kappa shape index (κ1) is 13.8. The van der Waals surface area contributed by atoms with Gasteiger partial charge in [-0.15, -0.1) is 0 Å². The van der Waals surface area contributed by atoms with E-state index in [-0.39, 0.29) is 17.6 Å². The fourth-order valence-corrected chi connectivity index (χ4v) is 2.92. The van der Waals surface area contributed by atoms with E-state index in [1.807, 2.05) is 24.3 Å². The van der Waals surface area contributed by atoms with Crippen LogP contribution in [0.15, 0.2) is 47.2 Å². The summed E-state index contributed by atoms with van der Waals surface area (Å²) in [5.74, 6) is 0.611. The summed E-state index contributed by atoms with van der Waals surface area (Å²) in [7, 11) is 0. The Balaban J connectivity index is 1.63. The van der Waals surface area contributed by atoms with Gasteiger partial charge in [0.05, 0.1) is 11.6 Å². The number of ether oxygens (including phenoxy) is 1. The Kier molecular flexibility index (Phi) is 3.22. The number of hydrazone groups is 1. The van der Waals surface area contributed by atoms with Crippen LogP contribution in [0.25, 0.3) is 0 Å². The van der Waals surface area contributed by atoms with Crippen LogP contribution in [0, 0.1) is 5.92 Å². The molecule has 0 saturated heterocycles. The predicted molar refractivity (Wildman–Crippen MR) is 85.2 cm³/mol. The molecule has 2 heterocycles. The van der Waals surface area contributed by atoms with Gasteiger partial charge >= 0.3 is 0 Å². The summed E-state index contributed by atoms with van der Waals surface area (Å²) in [5.41, 5.74) is 5.97. The standard InChI is InChI=1S/C17H15N3O3/c21-13-4-2-11(7-13)18-12-3-5-14-15(8-12)23-9-10-1-6-16(22)19-20-17(10)14/h1,3,5-8,10,18H,2,4,9H2,(H,19,22). The smallest absolute Gasteiger partial charge is 0.263 e. The van der Waals surface area contributed by atoms with Crippen molar-refractivity contribution in [2.24, 2.45) is 11.0 Å². The number of ketones is 1. The topological polar surface area (TPSA) is 79.8 Å². The van der Waals surface area contributed by atoms with Crippen LogP contribution in [-0.4, -0.2) is 24.0 Å². The predicted octanol–water partition coefficient (Wildman–Crippen LogP) is 1.74. The van der Waals surface area contributed by atoms with Crippen molar-refractivity contribution in [1.29, 1.82) is 0 Å². The minimum Gasteiger partial charge on any atom is -0.492 e. The van der Waals surface area contributed by atoms with E-state index in [4.69, 9.17) is 4.74 Å². The fourth-order valence-electron chi connectivity index (χ4n) is 2.92. The van der Waals surface area contributed by atoms with Gasteiger partial charge in [-0.1, -0.05) is 6.08 Å². The van der Waals surface area contributed by atoms with Crippen LogP contribution in [0.1, 0.15) is 18.4 Å². The number of nitrogens with one attached hydrogen (secondary N) is 2. The molecule has 0 aromatic heterocycles. The Morgan fingerprint density at radius 1 is 1.26 bits per heavy atom. The first-order valence-corrected chi connectivity index (χ1v) is 7.52. The molecule has 1 aromatic carbocycles. The van der Waals surface area contributed by atoms with Crippen LogP contribution >= 0.6 is 0 Å². The van der Waals surface area contributed by atoms with Gasteiger partial charge in [0, 0.05) is 41.6 Å². The Labute approximate surface area is 132 Å². The van der Waals surface area contributed by atoms with E-state index >= 15 is 0 Å². The molecule has 1 aromatic rings. The second-order valence-corrected chi connectivity index (χ2v) is 5.72. The summed E-state index contributed by atoms with van der Waals surface area (Å²) in [6.07, 6.45) is 6.24. The van der Waals surface area contributed by atoms with Crippen molar-refractivity contribution in [3.05, 3.63) is 47.7 Å². The lowest BCUT2D eigenvalue weighted by Gasteiger charge is -2.25. The Morgan fingerprint density at radius 3 is 3.00 bits per heavy atom. The van der Waals surface area contributed by atoms with Crippen LogP contribution in [0.3, 0.4) is 0 Å². The number of rotatable bonds is 2. The van der Waals surface area contributed by atoms with E-state index in [1.54, 1.807) is 6.08 Å². The number of carbonyl (C=O) groups is 2. The molecule has 4 rings (SSSR count). The molecule has 6 heteroatoms. The number of hydrogen-bond acceptors (Lipinski definition) is 5. The third kappa shape index (κ3) is 2.63. The van der Waals surface area contributed by atoms with Crippen LogP contribution in [0.5, 0.6) is 5.75 Å². The molecule has 2 N–H and O–H groups in total. The number of carbonyl (C=O) groups excluding carboxylic acids is 2. The van der Waals surface area contributed by atoms with Crippen molar-refractivity contribution >= 4 is 23.1 Å². The van der Waals surface area contributed by atoms with E-state index < -0.39 is 0 Å². The molecule has 0 fully saturated rings. The number of fused-ring (bicyclic) bond motifs is 3. The molecule has 1 atom stereocenters. The summed E-state index contributed by atoms with van der Waals surface area (Å²) in [6.45, 7) is 0.446. The van der Waals surface area contributed by atoms with E-state index in [2.05, 4.69) is 15.8 Å². The summed E-state index contributed by atoms with van der Waals surface area (Å²) in [5, 5.41) is 7.46. The second kappa shape index (κ2) is 5.39. The third-order valence-electron chi connectivity index (χ3n) is 4.07. The zero-order valence-electron chi connectivity index (χ0n) is 12.3. The van der Waals surface area contributed by atoms with Gasteiger partial charge in [-0.2, -0.15) is 5.10 Å². The van der Waals surface area contributed by atoms with E-state index in [1.165, 1.54) is 6.08 Å². The number of anilines is 1. The number of hydrogen-bond donors (Lipinski definition) is 2. The highest BCUT2D eigenvalue weighted by Gasteiger charge is 2.27. The normalized spacial score (nSPS) is 22.2. The first-order chi connectivity index (χ1) is 11.2. The average Bonchev–Trinajstić information content (AvgIpc) is 2.85. The highest BCUT2D eigenvalue weighted by Crippen LogP contribution is 2.32. The molecule has 1 unspecified atom stereocenters. The van der Waals surface area contributed by atoms with Gasteiger partial charge in [0.2, 0.25) is 0 Å². The van der Waals surface area contributed by atoms with Crippen LogP contribution in [-0.2, 0) is 9.59 Å². The zero-order valence-corrected chi connectivity index (χ0v) is 12.3. The van der Waals surface area contributed by atoms with Gasteiger partial charge in [-0.25, -0.2) is 5.43 Å². The van der Waals surface area contributed by atoms with E-state index in [0.29, 0.717) is 13.0 Å². The van der Waals surface area contributed by atoms with Gasteiger partial charge in [-0.3, -0.25) is 9.59 Å². The largest absolute Gasteiger partial charge is 0.492 e. The second-order valence-electron chi connectivity index (χ2n) is 5.72. The highest BCUT2D eigenvalue weighted by atomic mass is 16.5. The molecule has 116 valence electrons. The van der Waals surface area contributed by atoms with Crippen LogP contribution < -0.4 is 15.5 Å². The zero-order chi connectivity index (χ0) is 15.8. The number of nitrogens with zero attached hydrogens (tertiary/aromatic N) is 1. The molecule has 1 aliphatic carbocycles. The lowest BCUT2D eigenvalue weighted by atomic mass is 9.93. The quantitative estimate of drug-likeness (QED) is 0.872. The maximum absolute atomic E-state index is 11.4. The molecule has 0 radical (unpaired) electrons. The molecular weight excluding hydrogens is 294 g/mol. The lowest BCUT2D eigenvalue weighted by molar-refractivity contribution is -0.116. The van der Waals surface area contributed by atoms with E-state index in [9.17, 15) is 9.59 Å². The molecule has 0 saturated carbocycles. The molecule has 23 heavy (non-hydrogen) atoms. The lowest BCUT2D eigenvalue weighted by Crippen LogP contribution is -2.28. The number of allylic oxidation sites excluding steroid dienone is 2. The molecule has 2 aliphatic heterocycles. The average molecular weight is 309 g/mol. The van der Waals surface area contributed by atoms with E-state index in [0.717, 1.165) is 34.8 Å². The first-order valence-electron chi connectivity index (χ1n) is 7.52. The van der Waals surface area contributed by atoms with Gasteiger partial charge in [0.25, 0.3) is 5.91 Å². The third-order valence-corrected chi connectivity index (χ3v) is 4.07.